The average Bonchev–Trinajstić information content (AvgIpc) is 3.91. The molecular weight excluding hydrogens is 901 g/mol. The van der Waals surface area contributed by atoms with Crippen LogP contribution in [-0.4, -0.2) is 147 Å². The number of carbonyl (C=O) groups is 4. The smallest absolute Gasteiger partial charge is 0.248 e. The third-order valence-corrected chi connectivity index (χ3v) is 14.1. The number of nitrogens with two attached hydrogens (primary N) is 4. The summed E-state index contributed by atoms with van der Waals surface area (Å²) in [6, 6.07) is 10.3. The quantitative estimate of drug-likeness (QED) is 0.114. The second-order valence-corrected chi connectivity index (χ2v) is 19.0. The summed E-state index contributed by atoms with van der Waals surface area (Å²) in [7, 11) is 1.51. The van der Waals surface area contributed by atoms with Crippen LogP contribution < -0.4 is 22.9 Å². The van der Waals surface area contributed by atoms with E-state index in [1.165, 1.54) is 66.0 Å². The summed E-state index contributed by atoms with van der Waals surface area (Å²) < 4.78 is 6.51. The van der Waals surface area contributed by atoms with E-state index in [9.17, 15) is 19.2 Å². The van der Waals surface area contributed by atoms with Crippen LogP contribution in [0.3, 0.4) is 0 Å². The Kier molecular flexibility index (Phi) is 15.2. The summed E-state index contributed by atoms with van der Waals surface area (Å²) in [5.41, 5.74) is 26.3. The van der Waals surface area contributed by atoms with Crippen molar-refractivity contribution in [1.29, 1.82) is 0 Å². The van der Waals surface area contributed by atoms with Gasteiger partial charge in [-0.05, 0) is 41.8 Å². The second kappa shape index (κ2) is 21.1. The lowest BCUT2D eigenvalue weighted by Gasteiger charge is -2.40. The van der Waals surface area contributed by atoms with Crippen molar-refractivity contribution in [1.82, 2.24) is 59.9 Å². The summed E-state index contributed by atoms with van der Waals surface area (Å²) >= 11 is 5.02. The fraction of sp³-hybridized carbons (Fsp3) is 0.385. The second-order valence-electron chi connectivity index (χ2n) is 14.6. The molecule has 8 N–H and O–H groups in total. The molecule has 2 aromatic carbocycles. The fourth-order valence-corrected chi connectivity index (χ4v) is 10.4. The minimum atomic E-state index is -0.681. The minimum Gasteiger partial charge on any atom is -0.383 e. The highest BCUT2D eigenvalue weighted by atomic mass is 32.2. The van der Waals surface area contributed by atoms with Crippen molar-refractivity contribution in [2.24, 2.45) is 0 Å². The predicted octanol–water partition coefficient (Wildman–Crippen LogP) is 2.40. The molecule has 64 heavy (non-hydrogen) atoms. The number of aromatic nitrogens is 8. The molecule has 2 aliphatic rings. The van der Waals surface area contributed by atoms with E-state index < -0.39 is 12.1 Å². The monoisotopic (exact) mass is 946 g/mol. The zero-order chi connectivity index (χ0) is 45.3. The molecule has 8 rings (SSSR count). The lowest BCUT2D eigenvalue weighted by molar-refractivity contribution is -0.153. The molecule has 0 bridgehead atoms. The molecule has 0 saturated carbocycles. The number of rotatable bonds is 14. The Morgan fingerprint density at radius 1 is 0.688 bits per heavy atom. The predicted molar refractivity (Wildman–Crippen MR) is 247 cm³/mol. The van der Waals surface area contributed by atoms with E-state index in [0.29, 0.717) is 76.3 Å². The largest absolute Gasteiger partial charge is 0.383 e. The Labute approximate surface area is 383 Å². The third kappa shape index (κ3) is 11.0. The molecule has 6 heterocycles. The van der Waals surface area contributed by atoms with Gasteiger partial charge in [0.25, 0.3) is 0 Å². The first-order valence-electron chi connectivity index (χ1n) is 20.0. The number of amides is 4. The van der Waals surface area contributed by atoms with Crippen molar-refractivity contribution in [3.63, 3.8) is 0 Å². The standard InChI is InChI=1S/C20H24N8O2S2.C19H22N8O3S2/c1-2-3-15-18(30)27(9-12-4-5-13-14(8-12)23-11-24-17(13)21)6-7-28(15)16(29)10-31-20-26-25-19(22)32-20;1-30-8-14-17(29)26(7-11-2-3-12-13(6-11)22-10-23-16(12)20)4-5-27(14)15(28)9-31-19-25-24-18(21)32-19/h4-5,8,11,15H,2-3,6-7,9-10H2,1H3,(H2,22,25)(H2,21,23,24);2-3,6,10,14H,4-5,7-9H2,1H3,(H2,21,24)(H2,20,22,23)/t15-;14-/m00/s1. The SMILES string of the molecule is CCC[C@H]1C(=O)N(Cc2ccc3c(N)ncnc3c2)CCN1C(=O)CSc1nnc(N)s1.COC[C@H]1C(=O)N(Cc2ccc3c(N)ncnc3c2)CCN1C(=O)CSc1nnc(N)s1. The van der Waals surface area contributed by atoms with Gasteiger partial charge in [0, 0.05) is 57.2 Å². The van der Waals surface area contributed by atoms with E-state index in [0.717, 1.165) is 39.4 Å². The molecule has 25 heteroatoms. The van der Waals surface area contributed by atoms with Gasteiger partial charge >= 0.3 is 0 Å². The van der Waals surface area contributed by atoms with Crippen LogP contribution in [0.25, 0.3) is 21.8 Å². The number of benzene rings is 2. The van der Waals surface area contributed by atoms with E-state index in [2.05, 4.69) is 40.3 Å². The van der Waals surface area contributed by atoms with E-state index in [1.807, 2.05) is 48.2 Å². The van der Waals surface area contributed by atoms with Gasteiger partial charge in [0.1, 0.15) is 36.4 Å². The van der Waals surface area contributed by atoms with Gasteiger partial charge in [0.05, 0.1) is 29.1 Å². The van der Waals surface area contributed by atoms with E-state index in [-0.39, 0.29) is 41.7 Å². The first-order valence-corrected chi connectivity index (χ1v) is 23.6. The van der Waals surface area contributed by atoms with Crippen LogP contribution in [0.2, 0.25) is 0 Å². The number of anilines is 4. The molecule has 2 atom stereocenters. The fourth-order valence-electron chi connectivity index (χ4n) is 7.31. The number of fused-ring (bicyclic) bond motifs is 2. The Morgan fingerprint density at radius 2 is 1.16 bits per heavy atom. The molecule has 4 aromatic heterocycles. The maximum absolute atomic E-state index is 13.3. The summed E-state index contributed by atoms with van der Waals surface area (Å²) in [5, 5.41) is 17.6. The van der Waals surface area contributed by atoms with Crippen molar-refractivity contribution < 1.29 is 23.9 Å². The van der Waals surface area contributed by atoms with Crippen LogP contribution in [0.5, 0.6) is 0 Å². The third-order valence-electron chi connectivity index (χ3n) is 10.4. The molecule has 0 radical (unpaired) electrons. The lowest BCUT2D eigenvalue weighted by atomic mass is 10.0. The number of nitrogen functional groups attached to an aromatic ring is 4. The molecule has 2 aliphatic heterocycles. The summed E-state index contributed by atoms with van der Waals surface area (Å²) in [6.45, 7) is 4.81. The summed E-state index contributed by atoms with van der Waals surface area (Å²) in [6.07, 6.45) is 4.28. The number of piperazine rings is 2. The van der Waals surface area contributed by atoms with Gasteiger partial charge in [-0.25, -0.2) is 19.9 Å². The van der Waals surface area contributed by atoms with Crippen LogP contribution >= 0.6 is 46.2 Å². The van der Waals surface area contributed by atoms with Crippen molar-refractivity contribution in [2.45, 2.75) is 53.6 Å². The van der Waals surface area contributed by atoms with E-state index in [4.69, 9.17) is 27.7 Å². The number of methoxy groups -OCH3 is 1. The minimum absolute atomic E-state index is 0.0288. The van der Waals surface area contributed by atoms with Gasteiger partial charge in [-0.3, -0.25) is 19.2 Å². The average molecular weight is 947 g/mol. The van der Waals surface area contributed by atoms with Gasteiger partial charge < -0.3 is 47.3 Å². The Balaban J connectivity index is 0.000000191. The van der Waals surface area contributed by atoms with Crippen LogP contribution in [0.4, 0.5) is 21.9 Å². The van der Waals surface area contributed by atoms with Gasteiger partial charge in [0.15, 0.2) is 8.68 Å². The number of hydrogen-bond donors (Lipinski definition) is 4. The number of thioether (sulfide) groups is 2. The zero-order valence-corrected chi connectivity index (χ0v) is 38.2. The molecule has 0 unspecified atom stereocenters. The van der Waals surface area contributed by atoms with Crippen LogP contribution in [0.1, 0.15) is 30.9 Å². The Bertz CT molecular complexity index is 2460. The maximum Gasteiger partial charge on any atom is 0.248 e. The number of ether oxygens (including phenoxy) is 1. The molecule has 336 valence electrons. The molecule has 6 aromatic rings. The zero-order valence-electron chi connectivity index (χ0n) is 34.9. The highest BCUT2D eigenvalue weighted by Crippen LogP contribution is 2.28. The molecule has 0 spiro atoms. The van der Waals surface area contributed by atoms with Crippen molar-refractivity contribution in [2.75, 3.05) is 74.3 Å². The van der Waals surface area contributed by atoms with Crippen LogP contribution in [-0.2, 0) is 37.0 Å². The molecule has 4 amide bonds. The first kappa shape index (κ1) is 46.0. The van der Waals surface area contributed by atoms with Gasteiger partial charge in [0.2, 0.25) is 33.9 Å². The van der Waals surface area contributed by atoms with Gasteiger partial charge in [-0.2, -0.15) is 0 Å². The van der Waals surface area contributed by atoms with Crippen LogP contribution in [0, 0.1) is 0 Å². The van der Waals surface area contributed by atoms with Crippen molar-refractivity contribution >= 4 is 114 Å². The normalized spacial score (nSPS) is 16.7. The van der Waals surface area contributed by atoms with E-state index in [1.54, 1.807) is 14.7 Å². The number of hydrogen-bond acceptors (Lipinski definition) is 21. The molecule has 0 aliphatic carbocycles. The Morgan fingerprint density at radius 3 is 1.59 bits per heavy atom. The maximum atomic E-state index is 13.3. The Hall–Kier alpha value is -6.02. The highest BCUT2D eigenvalue weighted by Gasteiger charge is 2.38. The van der Waals surface area contributed by atoms with E-state index >= 15 is 0 Å². The molecular formula is C39H46N16O5S4. The summed E-state index contributed by atoms with van der Waals surface area (Å²) in [4.78, 5) is 75.5. The number of nitrogens with zero attached hydrogens (tertiary/aromatic N) is 12. The van der Waals surface area contributed by atoms with Crippen LogP contribution in [0.15, 0.2) is 57.7 Å². The van der Waals surface area contributed by atoms with Gasteiger partial charge in [-0.15, -0.1) is 20.4 Å². The molecule has 2 saturated heterocycles. The van der Waals surface area contributed by atoms with Crippen molar-refractivity contribution in [3.05, 3.63) is 60.2 Å². The first-order chi connectivity index (χ1) is 30.9. The number of carbonyl (C=O) groups excluding carboxylic acids is 4. The highest BCUT2D eigenvalue weighted by molar-refractivity contribution is 8.02. The summed E-state index contributed by atoms with van der Waals surface area (Å²) in [5.74, 6) is 0.783. The van der Waals surface area contributed by atoms with Gasteiger partial charge in [-0.1, -0.05) is 71.7 Å². The molecule has 2 fully saturated rings. The lowest BCUT2D eigenvalue weighted by Crippen LogP contribution is -2.60. The van der Waals surface area contributed by atoms with Crippen molar-refractivity contribution in [3.8, 4) is 0 Å². The molecule has 21 nitrogen and oxygen atoms in total. The topological polar surface area (TPSA) is 298 Å².